The van der Waals surface area contributed by atoms with Crippen molar-refractivity contribution in [2.75, 3.05) is 0 Å². The van der Waals surface area contributed by atoms with Crippen LogP contribution in [0.2, 0.25) is 0 Å². The number of benzene rings is 2. The molecule has 0 atom stereocenters. The molecule has 1 N–H and O–H groups in total. The number of carbonyl (C=O) groups is 1. The number of fused-ring (bicyclic) bond motifs is 3. The van der Waals surface area contributed by atoms with Crippen LogP contribution in [0, 0.1) is 0 Å². The zero-order valence-corrected chi connectivity index (χ0v) is 23.1. The average Bonchev–Trinajstić information content (AvgIpc) is 3.67. The summed E-state index contributed by atoms with van der Waals surface area (Å²) >= 11 is 0. The van der Waals surface area contributed by atoms with Gasteiger partial charge in [-0.05, 0) is 70.1 Å². The Morgan fingerprint density at radius 2 is 1.77 bits per heavy atom. The number of nitrogens with zero attached hydrogens (tertiary/aromatic N) is 4. The van der Waals surface area contributed by atoms with Gasteiger partial charge in [0.1, 0.15) is 17.1 Å². The smallest absolute Gasteiger partial charge is 0.408 e. The highest BCUT2D eigenvalue weighted by atomic mass is 16.6. The molecule has 2 aliphatic carbocycles. The van der Waals surface area contributed by atoms with E-state index in [1.54, 1.807) is 0 Å². The normalized spacial score (nSPS) is 17.2. The monoisotopic (exact) mass is 535 g/mol. The number of ether oxygens (including phenoxy) is 2. The molecule has 3 aliphatic rings. The number of nitrogens with one attached hydrogen (secondary N) is 1. The summed E-state index contributed by atoms with van der Waals surface area (Å²) in [4.78, 5) is 17.7. The van der Waals surface area contributed by atoms with E-state index >= 15 is 0 Å². The third kappa shape index (κ3) is 4.41. The number of aromatic nitrogens is 4. The molecule has 8 heteroatoms. The van der Waals surface area contributed by atoms with E-state index in [4.69, 9.17) is 14.5 Å². The van der Waals surface area contributed by atoms with Crippen molar-refractivity contribution in [2.45, 2.75) is 76.5 Å². The number of hydrogen-bond donors (Lipinski definition) is 1. The van der Waals surface area contributed by atoms with Gasteiger partial charge in [0.15, 0.2) is 12.4 Å². The van der Waals surface area contributed by atoms with Gasteiger partial charge in [0.05, 0.1) is 11.2 Å². The van der Waals surface area contributed by atoms with Crippen molar-refractivity contribution in [3.05, 3.63) is 77.9 Å². The molecule has 2 fully saturated rings. The zero-order chi connectivity index (χ0) is 27.5. The predicted octanol–water partition coefficient (Wildman–Crippen LogP) is 6.67. The molecule has 204 valence electrons. The largest absolute Gasteiger partial charge is 0.468 e. The lowest BCUT2D eigenvalue weighted by atomic mass is 9.71. The molecular weight excluding hydrogens is 502 g/mol. The summed E-state index contributed by atoms with van der Waals surface area (Å²) in [6.45, 7) is 5.99. The van der Waals surface area contributed by atoms with Gasteiger partial charge in [0.2, 0.25) is 5.88 Å². The molecule has 2 saturated carbocycles. The van der Waals surface area contributed by atoms with E-state index in [-0.39, 0.29) is 6.09 Å². The van der Waals surface area contributed by atoms with Crippen molar-refractivity contribution < 1.29 is 14.3 Å². The minimum atomic E-state index is -0.542. The van der Waals surface area contributed by atoms with Crippen LogP contribution in [0.5, 0.6) is 5.88 Å². The summed E-state index contributed by atoms with van der Waals surface area (Å²) in [6, 6.07) is 20.9. The Kier molecular flexibility index (Phi) is 5.70. The third-order valence-corrected chi connectivity index (χ3v) is 7.99. The Morgan fingerprint density at radius 3 is 2.42 bits per heavy atom. The summed E-state index contributed by atoms with van der Waals surface area (Å²) in [6.07, 6.45) is 4.74. The Morgan fingerprint density at radius 1 is 1.02 bits per heavy atom. The molecule has 0 unspecified atom stereocenters. The number of amides is 1. The lowest BCUT2D eigenvalue weighted by Gasteiger charge is -2.43. The maximum atomic E-state index is 12.6. The fraction of sp³-hybridized carbons (Fsp3) is 0.375. The first-order valence-corrected chi connectivity index (χ1v) is 14.1. The minimum Gasteiger partial charge on any atom is -0.468 e. The third-order valence-electron chi connectivity index (χ3n) is 7.99. The maximum absolute atomic E-state index is 12.6. The summed E-state index contributed by atoms with van der Waals surface area (Å²) in [7, 11) is 0. The molecule has 0 spiro atoms. The van der Waals surface area contributed by atoms with E-state index in [0.29, 0.717) is 18.4 Å². The van der Waals surface area contributed by atoms with Gasteiger partial charge in [0.25, 0.3) is 0 Å². The molecule has 0 saturated heterocycles. The Hall–Kier alpha value is -4.20. The molecule has 1 aliphatic heterocycles. The maximum Gasteiger partial charge on any atom is 0.408 e. The first kappa shape index (κ1) is 24.8. The van der Waals surface area contributed by atoms with Gasteiger partial charge >= 0.3 is 6.09 Å². The van der Waals surface area contributed by atoms with Gasteiger partial charge < -0.3 is 14.8 Å². The SMILES string of the molecule is CC(C)(C)OC(=O)NC1(c2ccc(-c3nc4c(cc3-c3ccccc3)-n3c(nnc3C3CC3)CO4)cc2)CCC1. The fourth-order valence-electron chi connectivity index (χ4n) is 5.70. The molecule has 4 aromatic rings. The lowest BCUT2D eigenvalue weighted by Crippen LogP contribution is -2.52. The minimum absolute atomic E-state index is 0.349. The molecule has 3 heterocycles. The van der Waals surface area contributed by atoms with E-state index in [0.717, 1.165) is 77.4 Å². The molecule has 1 amide bonds. The van der Waals surface area contributed by atoms with Crippen molar-refractivity contribution >= 4 is 6.09 Å². The van der Waals surface area contributed by atoms with Crippen molar-refractivity contribution in [3.63, 3.8) is 0 Å². The Labute approximate surface area is 233 Å². The van der Waals surface area contributed by atoms with E-state index in [1.165, 1.54) is 0 Å². The van der Waals surface area contributed by atoms with Crippen LogP contribution >= 0.6 is 0 Å². The van der Waals surface area contributed by atoms with Crippen molar-refractivity contribution in [1.29, 1.82) is 0 Å². The summed E-state index contributed by atoms with van der Waals surface area (Å²) in [5.74, 6) is 2.86. The van der Waals surface area contributed by atoms with Crippen LogP contribution in [0.1, 0.15) is 76.0 Å². The molecule has 0 radical (unpaired) electrons. The van der Waals surface area contributed by atoms with Crippen LogP contribution in [-0.2, 0) is 16.9 Å². The topological polar surface area (TPSA) is 91.2 Å². The zero-order valence-electron chi connectivity index (χ0n) is 23.1. The van der Waals surface area contributed by atoms with Gasteiger partial charge in [0, 0.05) is 17.0 Å². The number of pyridine rings is 1. The van der Waals surface area contributed by atoms with Crippen LogP contribution in [0.25, 0.3) is 28.1 Å². The molecule has 7 rings (SSSR count). The first-order valence-electron chi connectivity index (χ1n) is 14.1. The van der Waals surface area contributed by atoms with Crippen LogP contribution in [0.3, 0.4) is 0 Å². The molecule has 2 aromatic heterocycles. The number of alkyl carbamates (subject to hydrolysis) is 1. The number of rotatable bonds is 5. The number of hydrogen-bond acceptors (Lipinski definition) is 6. The average molecular weight is 536 g/mol. The summed E-state index contributed by atoms with van der Waals surface area (Å²) in [5, 5.41) is 12.1. The van der Waals surface area contributed by atoms with Crippen molar-refractivity contribution in [1.82, 2.24) is 25.1 Å². The molecule has 0 bridgehead atoms. The predicted molar refractivity (Wildman–Crippen MR) is 151 cm³/mol. The second-order valence-corrected chi connectivity index (χ2v) is 12.1. The second kappa shape index (κ2) is 9.18. The van der Waals surface area contributed by atoms with E-state index in [2.05, 4.69) is 62.5 Å². The quantitative estimate of drug-likeness (QED) is 0.307. The van der Waals surface area contributed by atoms with Gasteiger partial charge in [-0.3, -0.25) is 4.57 Å². The van der Waals surface area contributed by atoms with E-state index in [1.807, 2.05) is 39.0 Å². The Bertz CT molecular complexity index is 1580. The van der Waals surface area contributed by atoms with Gasteiger partial charge in [-0.2, -0.15) is 0 Å². The van der Waals surface area contributed by atoms with Gasteiger partial charge in [-0.25, -0.2) is 9.78 Å². The molecule has 2 aromatic carbocycles. The highest BCUT2D eigenvalue weighted by molar-refractivity contribution is 5.83. The summed E-state index contributed by atoms with van der Waals surface area (Å²) < 4.78 is 13.8. The fourth-order valence-corrected chi connectivity index (χ4v) is 5.70. The van der Waals surface area contributed by atoms with Gasteiger partial charge in [-0.15, -0.1) is 10.2 Å². The van der Waals surface area contributed by atoms with Crippen LogP contribution in [0.4, 0.5) is 4.79 Å². The number of carbonyl (C=O) groups excluding carboxylic acids is 1. The highest BCUT2D eigenvalue weighted by Crippen LogP contribution is 2.45. The summed E-state index contributed by atoms with van der Waals surface area (Å²) in [5.41, 5.74) is 4.95. The lowest BCUT2D eigenvalue weighted by molar-refractivity contribution is 0.0377. The van der Waals surface area contributed by atoms with Gasteiger partial charge in [-0.1, -0.05) is 54.6 Å². The van der Waals surface area contributed by atoms with E-state index in [9.17, 15) is 4.79 Å². The van der Waals surface area contributed by atoms with Crippen molar-refractivity contribution in [2.24, 2.45) is 0 Å². The van der Waals surface area contributed by atoms with Crippen LogP contribution in [-0.4, -0.2) is 31.4 Å². The molecular formula is C32H33N5O3. The molecule has 40 heavy (non-hydrogen) atoms. The van der Waals surface area contributed by atoms with Crippen LogP contribution in [0.15, 0.2) is 60.7 Å². The molecule has 8 nitrogen and oxygen atoms in total. The van der Waals surface area contributed by atoms with Crippen molar-refractivity contribution in [3.8, 4) is 34.0 Å². The second-order valence-electron chi connectivity index (χ2n) is 12.1. The Balaban J connectivity index is 1.27. The highest BCUT2D eigenvalue weighted by Gasteiger charge is 2.41. The van der Waals surface area contributed by atoms with Crippen LogP contribution < -0.4 is 10.1 Å². The van der Waals surface area contributed by atoms with E-state index < -0.39 is 11.1 Å². The standard InChI is InChI=1S/C32H33N5O3/c1-31(2,3)40-30(38)34-32(16-7-17-32)23-14-12-21(13-15-23)27-24(20-8-5-4-6-9-20)18-25-29(33-27)39-19-26-35-36-28(37(25)26)22-10-11-22/h4-6,8-9,12-15,18,22H,7,10-11,16-17,19H2,1-3H3,(H,34,38). The first-order chi connectivity index (χ1) is 19.3.